The molecule has 0 bridgehead atoms. The van der Waals surface area contributed by atoms with Gasteiger partial charge < -0.3 is 15.7 Å². The Morgan fingerprint density at radius 2 is 1.79 bits per heavy atom. The molecule has 4 nitrogen and oxygen atoms in total. The lowest BCUT2D eigenvalue weighted by Gasteiger charge is -2.34. The Labute approximate surface area is 117 Å². The zero-order chi connectivity index (χ0) is 13.9. The predicted octanol–water partition coefficient (Wildman–Crippen LogP) is 2.05. The Bertz CT molecular complexity index is 240. The Balaban J connectivity index is 2.30. The lowest BCUT2D eigenvalue weighted by molar-refractivity contribution is -0.135. The van der Waals surface area contributed by atoms with Crippen LogP contribution in [0.1, 0.15) is 64.2 Å². The molecule has 0 saturated heterocycles. The average Bonchev–Trinajstić information content (AvgIpc) is 2.45. The van der Waals surface area contributed by atoms with E-state index in [0.717, 1.165) is 45.1 Å². The highest BCUT2D eigenvalue weighted by Gasteiger charge is 2.24. The van der Waals surface area contributed by atoms with Gasteiger partial charge in [-0.2, -0.15) is 0 Å². The van der Waals surface area contributed by atoms with E-state index in [0.29, 0.717) is 19.0 Å². The largest absolute Gasteiger partial charge is 0.395 e. The molecule has 0 heterocycles. The first-order chi connectivity index (χ1) is 9.29. The molecule has 1 aliphatic carbocycles. The van der Waals surface area contributed by atoms with Crippen LogP contribution in [-0.2, 0) is 4.79 Å². The summed E-state index contributed by atoms with van der Waals surface area (Å²) < 4.78 is 0. The average molecular weight is 270 g/mol. The van der Waals surface area contributed by atoms with E-state index in [2.05, 4.69) is 0 Å². The van der Waals surface area contributed by atoms with E-state index in [4.69, 9.17) is 10.8 Å². The third-order valence-electron chi connectivity index (χ3n) is 4.02. The number of nitrogens with zero attached hydrogens (tertiary/aromatic N) is 1. The Hall–Kier alpha value is -0.610. The number of amides is 1. The summed E-state index contributed by atoms with van der Waals surface area (Å²) in [4.78, 5) is 14.2. The number of aliphatic hydroxyl groups excluding tert-OH is 1. The standard InChI is InChI=1S/C15H30N2O2/c16-11-7-2-1-6-10-15(19)17(12-13-18)14-8-4-3-5-9-14/h14,18H,1-13,16H2. The van der Waals surface area contributed by atoms with Crippen LogP contribution >= 0.6 is 0 Å². The molecule has 0 atom stereocenters. The van der Waals surface area contributed by atoms with Crippen LogP contribution < -0.4 is 5.73 Å². The normalized spacial score (nSPS) is 16.5. The monoisotopic (exact) mass is 270 g/mol. The van der Waals surface area contributed by atoms with Gasteiger partial charge in [0.15, 0.2) is 0 Å². The van der Waals surface area contributed by atoms with Crippen LogP contribution in [-0.4, -0.2) is 41.7 Å². The van der Waals surface area contributed by atoms with Crippen LogP contribution in [0.4, 0.5) is 0 Å². The number of hydrogen-bond donors (Lipinski definition) is 2. The lowest BCUT2D eigenvalue weighted by Crippen LogP contribution is -2.43. The maximum absolute atomic E-state index is 12.3. The summed E-state index contributed by atoms with van der Waals surface area (Å²) in [6.45, 7) is 1.33. The molecule has 0 spiro atoms. The molecule has 1 fully saturated rings. The van der Waals surface area contributed by atoms with Crippen LogP contribution in [0.15, 0.2) is 0 Å². The van der Waals surface area contributed by atoms with Gasteiger partial charge in [-0.25, -0.2) is 0 Å². The molecule has 0 unspecified atom stereocenters. The van der Waals surface area contributed by atoms with Crippen molar-refractivity contribution in [2.75, 3.05) is 19.7 Å². The molecule has 0 aliphatic heterocycles. The number of rotatable bonds is 9. The van der Waals surface area contributed by atoms with Crippen molar-refractivity contribution >= 4 is 5.91 Å². The first kappa shape index (κ1) is 16.4. The van der Waals surface area contributed by atoms with Crippen LogP contribution in [0, 0.1) is 0 Å². The third kappa shape index (κ3) is 6.39. The summed E-state index contributed by atoms with van der Waals surface area (Å²) in [6, 6.07) is 0.373. The van der Waals surface area contributed by atoms with Gasteiger partial charge in [-0.1, -0.05) is 32.1 Å². The zero-order valence-corrected chi connectivity index (χ0v) is 12.1. The molecule has 3 N–H and O–H groups in total. The minimum absolute atomic E-state index is 0.0788. The first-order valence-electron chi connectivity index (χ1n) is 7.90. The van der Waals surface area contributed by atoms with Gasteiger partial charge in [-0.3, -0.25) is 4.79 Å². The number of unbranched alkanes of at least 4 members (excludes halogenated alkanes) is 3. The molecule has 4 heteroatoms. The summed E-state index contributed by atoms with van der Waals surface area (Å²) >= 11 is 0. The smallest absolute Gasteiger partial charge is 0.222 e. The van der Waals surface area contributed by atoms with E-state index in [1.54, 1.807) is 0 Å². The van der Waals surface area contributed by atoms with E-state index in [9.17, 15) is 4.79 Å². The van der Waals surface area contributed by atoms with E-state index >= 15 is 0 Å². The SMILES string of the molecule is NCCCCCCC(=O)N(CCO)C1CCCCC1. The van der Waals surface area contributed by atoms with Crippen molar-refractivity contribution < 1.29 is 9.90 Å². The quantitative estimate of drug-likeness (QED) is 0.630. The van der Waals surface area contributed by atoms with Gasteiger partial charge in [-0.05, 0) is 32.2 Å². The van der Waals surface area contributed by atoms with Crippen LogP contribution in [0.3, 0.4) is 0 Å². The number of carbonyl (C=O) groups excluding carboxylic acids is 1. The molecule has 1 amide bonds. The molecule has 1 saturated carbocycles. The van der Waals surface area contributed by atoms with E-state index in [1.165, 1.54) is 19.3 Å². The second-order valence-electron chi connectivity index (χ2n) is 5.56. The molecular formula is C15H30N2O2. The highest BCUT2D eigenvalue weighted by Crippen LogP contribution is 2.23. The fourth-order valence-corrected chi connectivity index (χ4v) is 2.93. The summed E-state index contributed by atoms with van der Waals surface area (Å²) in [5.74, 6) is 0.230. The first-order valence-corrected chi connectivity index (χ1v) is 7.90. The molecule has 112 valence electrons. The van der Waals surface area contributed by atoms with Crippen LogP contribution in [0.2, 0.25) is 0 Å². The molecule has 0 aromatic carbocycles. The van der Waals surface area contributed by atoms with Crippen molar-refractivity contribution in [2.45, 2.75) is 70.3 Å². The molecule has 1 aliphatic rings. The number of hydrogen-bond acceptors (Lipinski definition) is 3. The highest BCUT2D eigenvalue weighted by molar-refractivity contribution is 5.76. The van der Waals surface area contributed by atoms with Crippen LogP contribution in [0.5, 0.6) is 0 Å². The Morgan fingerprint density at radius 3 is 2.42 bits per heavy atom. The minimum atomic E-state index is 0.0788. The molecular weight excluding hydrogens is 240 g/mol. The van der Waals surface area contributed by atoms with E-state index in [-0.39, 0.29) is 12.5 Å². The molecule has 19 heavy (non-hydrogen) atoms. The fourth-order valence-electron chi connectivity index (χ4n) is 2.93. The van der Waals surface area contributed by atoms with Crippen molar-refractivity contribution in [3.8, 4) is 0 Å². The maximum atomic E-state index is 12.3. The summed E-state index contributed by atoms with van der Waals surface area (Å²) in [6.07, 6.45) is 10.8. The summed E-state index contributed by atoms with van der Waals surface area (Å²) in [7, 11) is 0. The number of carbonyl (C=O) groups is 1. The topological polar surface area (TPSA) is 66.6 Å². The van der Waals surface area contributed by atoms with Crippen molar-refractivity contribution in [2.24, 2.45) is 5.73 Å². The minimum Gasteiger partial charge on any atom is -0.395 e. The van der Waals surface area contributed by atoms with Crippen LogP contribution in [0.25, 0.3) is 0 Å². The van der Waals surface area contributed by atoms with Gasteiger partial charge in [0.1, 0.15) is 0 Å². The summed E-state index contributed by atoms with van der Waals surface area (Å²) in [5, 5.41) is 9.15. The van der Waals surface area contributed by atoms with Crippen molar-refractivity contribution in [1.82, 2.24) is 4.90 Å². The molecule has 0 aromatic rings. The lowest BCUT2D eigenvalue weighted by atomic mass is 9.94. The molecule has 0 radical (unpaired) electrons. The highest BCUT2D eigenvalue weighted by atomic mass is 16.3. The van der Waals surface area contributed by atoms with Gasteiger partial charge in [0.25, 0.3) is 0 Å². The van der Waals surface area contributed by atoms with Crippen molar-refractivity contribution in [3.05, 3.63) is 0 Å². The second kappa shape index (κ2) is 10.2. The summed E-state index contributed by atoms with van der Waals surface area (Å²) in [5.41, 5.74) is 5.45. The van der Waals surface area contributed by atoms with Crippen molar-refractivity contribution in [3.63, 3.8) is 0 Å². The second-order valence-corrected chi connectivity index (χ2v) is 5.56. The van der Waals surface area contributed by atoms with Gasteiger partial charge in [-0.15, -0.1) is 0 Å². The van der Waals surface area contributed by atoms with Gasteiger partial charge >= 0.3 is 0 Å². The molecule has 0 aromatic heterocycles. The Kier molecular flexibility index (Phi) is 8.84. The van der Waals surface area contributed by atoms with E-state index < -0.39 is 0 Å². The maximum Gasteiger partial charge on any atom is 0.222 e. The van der Waals surface area contributed by atoms with Crippen molar-refractivity contribution in [1.29, 1.82) is 0 Å². The predicted molar refractivity (Wildman–Crippen MR) is 77.8 cm³/mol. The number of aliphatic hydroxyl groups is 1. The van der Waals surface area contributed by atoms with Gasteiger partial charge in [0.05, 0.1) is 6.61 Å². The fraction of sp³-hybridized carbons (Fsp3) is 0.933. The zero-order valence-electron chi connectivity index (χ0n) is 12.1. The third-order valence-corrected chi connectivity index (χ3v) is 4.02. The van der Waals surface area contributed by atoms with E-state index in [1.807, 2.05) is 4.90 Å². The molecule has 1 rings (SSSR count). The van der Waals surface area contributed by atoms with Gasteiger partial charge in [0.2, 0.25) is 5.91 Å². The number of nitrogens with two attached hydrogens (primary N) is 1. The Morgan fingerprint density at radius 1 is 1.11 bits per heavy atom. The van der Waals surface area contributed by atoms with Gasteiger partial charge in [0, 0.05) is 19.0 Å².